The van der Waals surface area contributed by atoms with Crippen LogP contribution in [-0.4, -0.2) is 66.1 Å². The normalized spacial score (nSPS) is 20.5. The highest BCUT2D eigenvalue weighted by Gasteiger charge is 2.34. The molecule has 2 heterocycles. The Bertz CT molecular complexity index is 764. The van der Waals surface area contributed by atoms with E-state index in [0.29, 0.717) is 48.4 Å². The molecular formula is C20H24N2O6S. The maximum absolute atomic E-state index is 12.3. The Morgan fingerprint density at radius 3 is 2.45 bits per heavy atom. The molecule has 29 heavy (non-hydrogen) atoms. The maximum atomic E-state index is 12.3. The summed E-state index contributed by atoms with van der Waals surface area (Å²) >= 11 is 1.61. The number of methoxy groups -OCH3 is 1. The van der Waals surface area contributed by atoms with Gasteiger partial charge in [-0.05, 0) is 25.0 Å². The maximum Gasteiger partial charge on any atom is 0.407 e. The van der Waals surface area contributed by atoms with E-state index in [1.165, 1.54) is 12.0 Å². The second-order valence-electron chi connectivity index (χ2n) is 6.93. The van der Waals surface area contributed by atoms with E-state index in [2.05, 4.69) is 10.1 Å². The summed E-state index contributed by atoms with van der Waals surface area (Å²) in [5.41, 5.74) is 0.899. The minimum Gasteiger partial charge on any atom is -0.459 e. The lowest BCUT2D eigenvalue weighted by Crippen LogP contribution is -2.44. The Balaban J connectivity index is 1.35. The molecule has 0 spiro atoms. The van der Waals surface area contributed by atoms with Crippen LogP contribution in [-0.2, 0) is 14.3 Å². The molecule has 0 unspecified atom stereocenters. The number of imide groups is 1. The predicted molar refractivity (Wildman–Crippen MR) is 107 cm³/mol. The van der Waals surface area contributed by atoms with Crippen LogP contribution < -0.4 is 5.32 Å². The molecule has 1 aromatic rings. The molecule has 0 aromatic heterocycles. The van der Waals surface area contributed by atoms with Crippen molar-refractivity contribution in [3.05, 3.63) is 35.4 Å². The fourth-order valence-corrected chi connectivity index (χ4v) is 4.60. The van der Waals surface area contributed by atoms with Gasteiger partial charge in [0.1, 0.15) is 6.10 Å². The summed E-state index contributed by atoms with van der Waals surface area (Å²) in [5.74, 6) is 0.490. The number of carbonyl (C=O) groups excluding carboxylic acids is 4. The lowest BCUT2D eigenvalue weighted by molar-refractivity contribution is -0.148. The van der Waals surface area contributed by atoms with Crippen molar-refractivity contribution in [1.82, 2.24) is 10.2 Å². The molecule has 0 saturated carbocycles. The number of unbranched alkanes of at least 4 members (excludes halogenated alkanes) is 2. The van der Waals surface area contributed by atoms with Crippen molar-refractivity contribution >= 4 is 35.6 Å². The number of benzene rings is 1. The molecule has 3 rings (SSSR count). The number of nitrogens with zero attached hydrogens (tertiary/aromatic N) is 1. The first-order chi connectivity index (χ1) is 14.0. The average molecular weight is 420 g/mol. The first-order valence-electron chi connectivity index (χ1n) is 9.58. The van der Waals surface area contributed by atoms with Crippen molar-refractivity contribution in [3.63, 3.8) is 0 Å². The number of amides is 3. The van der Waals surface area contributed by atoms with Crippen molar-refractivity contribution in [3.8, 4) is 0 Å². The molecule has 2 atom stereocenters. The first-order valence-corrected chi connectivity index (χ1v) is 10.7. The van der Waals surface area contributed by atoms with E-state index in [-0.39, 0.29) is 36.4 Å². The van der Waals surface area contributed by atoms with Gasteiger partial charge < -0.3 is 14.8 Å². The topological polar surface area (TPSA) is 102 Å². The summed E-state index contributed by atoms with van der Waals surface area (Å²) in [4.78, 5) is 49.3. The van der Waals surface area contributed by atoms with Crippen molar-refractivity contribution in [2.45, 2.75) is 37.8 Å². The van der Waals surface area contributed by atoms with Crippen LogP contribution in [0.2, 0.25) is 0 Å². The van der Waals surface area contributed by atoms with Crippen molar-refractivity contribution < 1.29 is 28.7 Å². The quantitative estimate of drug-likeness (QED) is 0.391. The predicted octanol–water partition coefficient (Wildman–Crippen LogP) is 2.23. The number of thioether (sulfide) groups is 1. The van der Waals surface area contributed by atoms with Gasteiger partial charge in [-0.2, -0.15) is 11.8 Å². The van der Waals surface area contributed by atoms with Crippen molar-refractivity contribution in [2.75, 3.05) is 25.2 Å². The number of carbonyl (C=O) groups is 4. The molecule has 2 aliphatic rings. The lowest BCUT2D eigenvalue weighted by atomic mass is 10.1. The number of nitrogens with one attached hydrogen (secondary N) is 1. The van der Waals surface area contributed by atoms with Gasteiger partial charge >= 0.3 is 12.1 Å². The summed E-state index contributed by atoms with van der Waals surface area (Å²) in [7, 11) is 1.29. The molecule has 2 aliphatic heterocycles. The van der Waals surface area contributed by atoms with Crippen LogP contribution in [0.4, 0.5) is 4.79 Å². The van der Waals surface area contributed by atoms with Gasteiger partial charge in [-0.25, -0.2) is 4.79 Å². The Kier molecular flexibility index (Phi) is 7.13. The number of esters is 1. The van der Waals surface area contributed by atoms with Gasteiger partial charge in [-0.1, -0.05) is 18.6 Å². The summed E-state index contributed by atoms with van der Waals surface area (Å²) in [6, 6.07) is 6.57. The minimum absolute atomic E-state index is 0.245. The van der Waals surface area contributed by atoms with Gasteiger partial charge in [0.25, 0.3) is 11.8 Å². The summed E-state index contributed by atoms with van der Waals surface area (Å²) in [5, 5.41) is 2.68. The van der Waals surface area contributed by atoms with E-state index < -0.39 is 6.09 Å². The van der Waals surface area contributed by atoms with Crippen LogP contribution in [0.5, 0.6) is 0 Å². The van der Waals surface area contributed by atoms with E-state index in [1.807, 2.05) is 0 Å². The van der Waals surface area contributed by atoms with Gasteiger partial charge in [-0.15, -0.1) is 0 Å². The lowest BCUT2D eigenvalue weighted by Gasteiger charge is -2.20. The van der Waals surface area contributed by atoms with Crippen LogP contribution in [0.15, 0.2) is 24.3 Å². The fourth-order valence-electron chi connectivity index (χ4n) is 3.38. The number of rotatable bonds is 8. The summed E-state index contributed by atoms with van der Waals surface area (Å²) < 4.78 is 10.1. The van der Waals surface area contributed by atoms with Crippen LogP contribution in [0.25, 0.3) is 0 Å². The van der Waals surface area contributed by atoms with E-state index in [4.69, 9.17) is 4.74 Å². The standard InChI is InChI=1S/C20H24N2O6S/c1-27-20(26)21-15-11-29-12-16(15)28-17(23)9-3-2-6-10-22-18(24)13-7-4-5-8-14(13)19(22)25/h4-5,7-8,15-16H,2-3,6,9-12H2,1H3,(H,21,26)/t15-,16+/m1/s1. The van der Waals surface area contributed by atoms with Gasteiger partial charge in [0.15, 0.2) is 0 Å². The van der Waals surface area contributed by atoms with Crippen molar-refractivity contribution in [2.24, 2.45) is 0 Å². The number of hydrogen-bond acceptors (Lipinski definition) is 7. The first kappa shape index (κ1) is 21.2. The summed E-state index contributed by atoms with van der Waals surface area (Å²) in [6.45, 7) is 0.339. The highest BCUT2D eigenvalue weighted by molar-refractivity contribution is 7.99. The largest absolute Gasteiger partial charge is 0.459 e. The monoisotopic (exact) mass is 420 g/mol. The molecule has 1 fully saturated rings. The number of ether oxygens (including phenoxy) is 2. The third-order valence-electron chi connectivity index (χ3n) is 4.94. The average Bonchev–Trinajstić information content (AvgIpc) is 3.25. The molecule has 8 nitrogen and oxygen atoms in total. The molecule has 1 N–H and O–H groups in total. The van der Waals surface area contributed by atoms with Crippen molar-refractivity contribution in [1.29, 1.82) is 0 Å². The zero-order chi connectivity index (χ0) is 20.8. The van der Waals surface area contributed by atoms with Crippen LogP contribution in [0.1, 0.15) is 46.4 Å². The number of hydrogen-bond donors (Lipinski definition) is 1. The second kappa shape index (κ2) is 9.78. The van der Waals surface area contributed by atoms with Gasteiger partial charge in [-0.3, -0.25) is 19.3 Å². The zero-order valence-corrected chi connectivity index (χ0v) is 17.0. The highest BCUT2D eigenvalue weighted by atomic mass is 32.2. The number of alkyl carbamates (subject to hydrolysis) is 1. The Morgan fingerprint density at radius 1 is 1.10 bits per heavy atom. The molecule has 1 saturated heterocycles. The molecule has 9 heteroatoms. The third kappa shape index (κ3) is 5.09. The zero-order valence-electron chi connectivity index (χ0n) is 16.2. The van der Waals surface area contributed by atoms with E-state index in [1.54, 1.807) is 36.0 Å². The highest BCUT2D eigenvalue weighted by Crippen LogP contribution is 2.24. The SMILES string of the molecule is COC(=O)N[C@@H]1CSC[C@@H]1OC(=O)CCCCCN1C(=O)c2ccccc2C1=O. The summed E-state index contributed by atoms with van der Waals surface area (Å²) in [6.07, 6.45) is 1.30. The smallest absolute Gasteiger partial charge is 0.407 e. The van der Waals surface area contributed by atoms with Gasteiger partial charge in [0.05, 0.1) is 24.3 Å². The molecule has 0 bridgehead atoms. The Labute approximate surface area is 173 Å². The minimum atomic E-state index is -0.535. The van der Waals surface area contributed by atoms with Crippen LogP contribution in [0, 0.1) is 0 Å². The van der Waals surface area contributed by atoms with E-state index in [0.717, 1.165) is 0 Å². The molecule has 3 amide bonds. The molecular weight excluding hydrogens is 396 g/mol. The van der Waals surface area contributed by atoms with Gasteiger partial charge in [0.2, 0.25) is 0 Å². The van der Waals surface area contributed by atoms with Gasteiger partial charge in [0, 0.05) is 24.5 Å². The van der Waals surface area contributed by atoms with Crippen LogP contribution in [0.3, 0.4) is 0 Å². The molecule has 0 radical (unpaired) electrons. The molecule has 1 aromatic carbocycles. The molecule has 0 aliphatic carbocycles. The third-order valence-corrected chi connectivity index (χ3v) is 6.10. The number of fused-ring (bicyclic) bond motifs is 1. The van der Waals surface area contributed by atoms with E-state index >= 15 is 0 Å². The second-order valence-corrected chi connectivity index (χ2v) is 8.00. The molecule has 156 valence electrons. The van der Waals surface area contributed by atoms with E-state index in [9.17, 15) is 19.2 Å². The van der Waals surface area contributed by atoms with Crippen LogP contribution >= 0.6 is 11.8 Å². The Hall–Kier alpha value is -2.55. The Morgan fingerprint density at radius 2 is 1.79 bits per heavy atom. The fraction of sp³-hybridized carbons (Fsp3) is 0.500.